The minimum Gasteiger partial charge on any atom is -0.493 e. The normalized spacial score (nSPS) is 10.7. The van der Waals surface area contributed by atoms with E-state index in [1.807, 2.05) is 6.92 Å². The summed E-state index contributed by atoms with van der Waals surface area (Å²) in [5, 5.41) is 0.527. The molecule has 4 nitrogen and oxygen atoms in total. The topological polar surface area (TPSA) is 44.8 Å². The molecule has 24 heavy (non-hydrogen) atoms. The number of hydrogen-bond donors (Lipinski definition) is 0. The van der Waals surface area contributed by atoms with Crippen LogP contribution in [0.25, 0.3) is 6.08 Å². The summed E-state index contributed by atoms with van der Waals surface area (Å²) < 4.78 is 16.3. The molecule has 0 aliphatic carbocycles. The maximum absolute atomic E-state index is 12.2. The number of carbonyl (C=O) groups is 1. The fraction of sp³-hybridized carbons (Fsp3) is 0.211. The molecule has 0 aromatic heterocycles. The number of rotatable bonds is 7. The molecule has 2 aromatic carbocycles. The molecule has 0 saturated heterocycles. The Balaban J connectivity index is 2.30. The lowest BCUT2D eigenvalue weighted by atomic mass is 10.1. The molecule has 0 spiro atoms. The van der Waals surface area contributed by atoms with Gasteiger partial charge in [-0.25, -0.2) is 0 Å². The highest BCUT2D eigenvalue weighted by Gasteiger charge is 2.13. The van der Waals surface area contributed by atoms with E-state index in [-0.39, 0.29) is 5.78 Å². The first-order chi connectivity index (χ1) is 11.6. The van der Waals surface area contributed by atoms with E-state index in [4.69, 9.17) is 25.8 Å². The molecule has 0 amide bonds. The fourth-order valence-corrected chi connectivity index (χ4v) is 2.38. The monoisotopic (exact) mass is 346 g/mol. The van der Waals surface area contributed by atoms with Crippen LogP contribution in [0.4, 0.5) is 0 Å². The standard InChI is InChI=1S/C19H19ClO4/c1-4-24-19-17(22-2)10-13(11-18(19)23-3)8-9-16(21)14-6-5-7-15(20)12-14/h5-12H,4H2,1-3H3/b9-8+. The molecule has 0 bridgehead atoms. The Morgan fingerprint density at radius 3 is 2.33 bits per heavy atom. The van der Waals surface area contributed by atoms with Crippen LogP contribution in [0.2, 0.25) is 5.02 Å². The third-order valence-corrected chi connectivity index (χ3v) is 3.54. The molecule has 0 atom stereocenters. The molecule has 126 valence electrons. The second kappa shape index (κ2) is 8.41. The summed E-state index contributed by atoms with van der Waals surface area (Å²) in [6.07, 6.45) is 3.18. The van der Waals surface area contributed by atoms with Crippen molar-refractivity contribution in [1.82, 2.24) is 0 Å². The van der Waals surface area contributed by atoms with Gasteiger partial charge in [-0.05, 0) is 42.8 Å². The number of ether oxygens (including phenoxy) is 3. The maximum atomic E-state index is 12.2. The second-order valence-electron chi connectivity index (χ2n) is 4.90. The van der Waals surface area contributed by atoms with Crippen LogP contribution in [0, 0.1) is 0 Å². The first-order valence-electron chi connectivity index (χ1n) is 7.45. The van der Waals surface area contributed by atoms with E-state index in [1.54, 1.807) is 56.7 Å². The summed E-state index contributed by atoms with van der Waals surface area (Å²) in [6, 6.07) is 10.4. The summed E-state index contributed by atoms with van der Waals surface area (Å²) in [6.45, 7) is 2.38. The van der Waals surface area contributed by atoms with Gasteiger partial charge in [-0.1, -0.05) is 29.8 Å². The smallest absolute Gasteiger partial charge is 0.203 e. The second-order valence-corrected chi connectivity index (χ2v) is 5.33. The van der Waals surface area contributed by atoms with Crippen LogP contribution in [0.1, 0.15) is 22.8 Å². The van der Waals surface area contributed by atoms with Crippen molar-refractivity contribution in [2.75, 3.05) is 20.8 Å². The van der Waals surface area contributed by atoms with E-state index >= 15 is 0 Å². The largest absolute Gasteiger partial charge is 0.493 e. The van der Waals surface area contributed by atoms with E-state index in [0.29, 0.717) is 34.4 Å². The number of benzene rings is 2. The third-order valence-electron chi connectivity index (χ3n) is 3.31. The molecule has 0 N–H and O–H groups in total. The molecule has 2 rings (SSSR count). The number of allylic oxidation sites excluding steroid dienone is 1. The van der Waals surface area contributed by atoms with Gasteiger partial charge < -0.3 is 14.2 Å². The summed E-state index contributed by atoms with van der Waals surface area (Å²) >= 11 is 5.91. The highest BCUT2D eigenvalue weighted by molar-refractivity contribution is 6.31. The van der Waals surface area contributed by atoms with Crippen LogP contribution in [0.15, 0.2) is 42.5 Å². The van der Waals surface area contributed by atoms with Gasteiger partial charge in [-0.15, -0.1) is 0 Å². The zero-order valence-corrected chi connectivity index (χ0v) is 14.6. The van der Waals surface area contributed by atoms with Crippen LogP contribution in [0.3, 0.4) is 0 Å². The summed E-state index contributed by atoms with van der Waals surface area (Å²) in [5.74, 6) is 1.50. The molecule has 0 saturated carbocycles. The van der Waals surface area contributed by atoms with Gasteiger partial charge in [0.05, 0.1) is 20.8 Å². The number of methoxy groups -OCH3 is 2. The van der Waals surface area contributed by atoms with Crippen molar-refractivity contribution < 1.29 is 19.0 Å². The highest BCUT2D eigenvalue weighted by atomic mass is 35.5. The summed E-state index contributed by atoms with van der Waals surface area (Å²) in [4.78, 5) is 12.2. The lowest BCUT2D eigenvalue weighted by molar-refractivity contribution is 0.104. The van der Waals surface area contributed by atoms with Crippen molar-refractivity contribution in [3.63, 3.8) is 0 Å². The first kappa shape index (κ1) is 17.9. The van der Waals surface area contributed by atoms with Gasteiger partial charge in [-0.3, -0.25) is 4.79 Å². The number of ketones is 1. The molecule has 0 aliphatic rings. The van der Waals surface area contributed by atoms with E-state index in [9.17, 15) is 4.79 Å². The number of carbonyl (C=O) groups excluding carboxylic acids is 1. The minimum atomic E-state index is -0.135. The quantitative estimate of drug-likeness (QED) is 0.540. The Bertz CT molecular complexity index is 728. The zero-order valence-electron chi connectivity index (χ0n) is 13.8. The Labute approximate surface area is 146 Å². The van der Waals surface area contributed by atoms with Gasteiger partial charge in [0.1, 0.15) is 0 Å². The van der Waals surface area contributed by atoms with Crippen molar-refractivity contribution >= 4 is 23.5 Å². The van der Waals surface area contributed by atoms with Crippen LogP contribution in [-0.4, -0.2) is 26.6 Å². The Morgan fingerprint density at radius 1 is 1.12 bits per heavy atom. The van der Waals surface area contributed by atoms with E-state index in [1.165, 1.54) is 6.08 Å². The van der Waals surface area contributed by atoms with Gasteiger partial charge in [0.25, 0.3) is 0 Å². The molecule has 0 aliphatic heterocycles. The average molecular weight is 347 g/mol. The van der Waals surface area contributed by atoms with Crippen LogP contribution in [-0.2, 0) is 0 Å². The van der Waals surface area contributed by atoms with Gasteiger partial charge in [0.15, 0.2) is 17.3 Å². The first-order valence-corrected chi connectivity index (χ1v) is 7.83. The fourth-order valence-electron chi connectivity index (χ4n) is 2.19. The lowest BCUT2D eigenvalue weighted by Gasteiger charge is -2.14. The zero-order chi connectivity index (χ0) is 17.5. The van der Waals surface area contributed by atoms with E-state index < -0.39 is 0 Å². The van der Waals surface area contributed by atoms with Crippen molar-refractivity contribution in [3.05, 3.63) is 58.6 Å². The van der Waals surface area contributed by atoms with Gasteiger partial charge in [0, 0.05) is 10.6 Å². The van der Waals surface area contributed by atoms with Crippen molar-refractivity contribution in [2.24, 2.45) is 0 Å². The predicted octanol–water partition coefficient (Wildman–Crippen LogP) is 4.65. The molecular formula is C19H19ClO4. The molecule has 0 radical (unpaired) electrons. The van der Waals surface area contributed by atoms with Crippen LogP contribution >= 0.6 is 11.6 Å². The Hall–Kier alpha value is -2.46. The van der Waals surface area contributed by atoms with Gasteiger partial charge >= 0.3 is 0 Å². The SMILES string of the molecule is CCOc1c(OC)cc(/C=C/C(=O)c2cccc(Cl)c2)cc1OC. The molecule has 5 heteroatoms. The maximum Gasteiger partial charge on any atom is 0.203 e. The molecule has 0 fully saturated rings. The third kappa shape index (κ3) is 4.30. The van der Waals surface area contributed by atoms with E-state index in [2.05, 4.69) is 0 Å². The van der Waals surface area contributed by atoms with Gasteiger partial charge in [-0.2, -0.15) is 0 Å². The number of hydrogen-bond acceptors (Lipinski definition) is 4. The van der Waals surface area contributed by atoms with Gasteiger partial charge in [0.2, 0.25) is 5.75 Å². The van der Waals surface area contributed by atoms with Crippen LogP contribution < -0.4 is 14.2 Å². The molecule has 0 heterocycles. The van der Waals surface area contributed by atoms with Crippen LogP contribution in [0.5, 0.6) is 17.2 Å². The highest BCUT2D eigenvalue weighted by Crippen LogP contribution is 2.38. The minimum absolute atomic E-state index is 0.135. The van der Waals surface area contributed by atoms with E-state index in [0.717, 1.165) is 5.56 Å². The summed E-state index contributed by atoms with van der Waals surface area (Å²) in [7, 11) is 3.11. The lowest BCUT2D eigenvalue weighted by Crippen LogP contribution is -1.99. The summed E-state index contributed by atoms with van der Waals surface area (Å²) in [5.41, 5.74) is 1.30. The molecule has 2 aromatic rings. The average Bonchev–Trinajstić information content (AvgIpc) is 2.60. The van der Waals surface area contributed by atoms with Crippen molar-refractivity contribution in [2.45, 2.75) is 6.92 Å². The van der Waals surface area contributed by atoms with Crippen molar-refractivity contribution in [3.8, 4) is 17.2 Å². The molecular weight excluding hydrogens is 328 g/mol. The number of halogens is 1. The predicted molar refractivity (Wildman–Crippen MR) is 95.5 cm³/mol. The van der Waals surface area contributed by atoms with Crippen molar-refractivity contribution in [1.29, 1.82) is 0 Å². The Kier molecular flexibility index (Phi) is 6.27. The molecule has 0 unspecified atom stereocenters. The Morgan fingerprint density at radius 2 is 1.79 bits per heavy atom.